The van der Waals surface area contributed by atoms with Gasteiger partial charge in [-0.05, 0) is 130 Å². The van der Waals surface area contributed by atoms with E-state index < -0.39 is 0 Å². The second kappa shape index (κ2) is 14.6. The van der Waals surface area contributed by atoms with Crippen LogP contribution in [-0.4, -0.2) is 17.7 Å². The summed E-state index contributed by atoms with van der Waals surface area (Å²) in [6.45, 7) is 16.0. The molecule has 0 unspecified atom stereocenters. The van der Waals surface area contributed by atoms with E-state index in [4.69, 9.17) is 0 Å². The molecular formula is C37H59N3O3. The molecule has 3 fully saturated rings. The van der Waals surface area contributed by atoms with Crippen LogP contribution in [0.3, 0.4) is 0 Å². The van der Waals surface area contributed by atoms with Crippen LogP contribution in [0.1, 0.15) is 126 Å². The molecule has 0 bridgehead atoms. The fraction of sp³-hybridized carbons (Fsp3) is 0.757. The van der Waals surface area contributed by atoms with Crippen LogP contribution in [0.2, 0.25) is 0 Å². The minimum atomic E-state index is -0.0119. The van der Waals surface area contributed by atoms with Crippen molar-refractivity contribution in [1.29, 1.82) is 0 Å². The Bertz CT molecular complexity index is 1040. The zero-order valence-corrected chi connectivity index (χ0v) is 28.1. The zero-order chi connectivity index (χ0) is 31.3. The van der Waals surface area contributed by atoms with E-state index in [0.717, 1.165) is 77.0 Å². The van der Waals surface area contributed by atoms with E-state index in [9.17, 15) is 14.4 Å². The van der Waals surface area contributed by atoms with Gasteiger partial charge >= 0.3 is 0 Å². The first-order chi connectivity index (χ1) is 20.3. The number of hydrogen-bond donors (Lipinski definition) is 3. The molecule has 0 aliphatic heterocycles. The lowest BCUT2D eigenvalue weighted by molar-refractivity contribution is -0.122. The summed E-state index contributed by atoms with van der Waals surface area (Å²) in [6, 6.07) is 5.54. The molecular weight excluding hydrogens is 534 g/mol. The van der Waals surface area contributed by atoms with E-state index in [0.29, 0.717) is 46.7 Å². The number of hydrogen-bond acceptors (Lipinski definition) is 3. The largest absolute Gasteiger partial charge is 0.326 e. The highest BCUT2D eigenvalue weighted by Gasteiger charge is 2.33. The molecule has 3 N–H and O–H groups in total. The predicted octanol–water partition coefficient (Wildman–Crippen LogP) is 9.28. The van der Waals surface area contributed by atoms with Gasteiger partial charge in [0.15, 0.2) is 0 Å². The summed E-state index contributed by atoms with van der Waals surface area (Å²) in [5.74, 6) is 3.43. The van der Waals surface area contributed by atoms with E-state index in [1.165, 1.54) is 0 Å². The normalized spacial score (nSPS) is 28.4. The zero-order valence-electron chi connectivity index (χ0n) is 28.1. The first kappa shape index (κ1) is 33.5. The molecule has 6 heteroatoms. The van der Waals surface area contributed by atoms with Crippen molar-refractivity contribution in [3.63, 3.8) is 0 Å². The summed E-state index contributed by atoms with van der Waals surface area (Å²) in [6.07, 6.45) is 11.9. The maximum Gasteiger partial charge on any atom is 0.227 e. The van der Waals surface area contributed by atoms with Crippen molar-refractivity contribution in [2.45, 2.75) is 126 Å². The standard InChI is InChI=1S/C37H59N3O3/c1-23(2)25-8-12-27(13-9-25)34(41)38-31-20-32(39-35(42)28-14-10-26(11-15-28)24(3)4)22-33(21-31)40-36(43)29-16-18-30(19-17-29)37(5,6)7/h20-30H,8-19H2,1-7H3,(H,38,41)(H,39,42)(H,40,43)/t25-,26-,27-,28-,29-,30+. The first-order valence-corrected chi connectivity index (χ1v) is 17.4. The number of amides is 3. The van der Waals surface area contributed by atoms with Gasteiger partial charge in [-0.15, -0.1) is 0 Å². The van der Waals surface area contributed by atoms with Crippen molar-refractivity contribution in [2.75, 3.05) is 16.0 Å². The second-order valence-corrected chi connectivity index (χ2v) is 15.9. The van der Waals surface area contributed by atoms with Crippen molar-refractivity contribution in [1.82, 2.24) is 0 Å². The smallest absolute Gasteiger partial charge is 0.227 e. The van der Waals surface area contributed by atoms with Crippen molar-refractivity contribution >= 4 is 34.8 Å². The quantitative estimate of drug-likeness (QED) is 0.281. The van der Waals surface area contributed by atoms with Gasteiger partial charge in [0.2, 0.25) is 17.7 Å². The van der Waals surface area contributed by atoms with Gasteiger partial charge in [-0.3, -0.25) is 14.4 Å². The maximum absolute atomic E-state index is 13.4. The Kier molecular flexibility index (Phi) is 11.4. The lowest BCUT2D eigenvalue weighted by Crippen LogP contribution is -2.31. The molecule has 1 aromatic carbocycles. The molecule has 0 radical (unpaired) electrons. The monoisotopic (exact) mass is 593 g/mol. The number of rotatable bonds is 8. The second-order valence-electron chi connectivity index (χ2n) is 15.9. The predicted molar refractivity (Wildman–Crippen MR) is 178 cm³/mol. The van der Waals surface area contributed by atoms with Crippen molar-refractivity contribution in [3.8, 4) is 0 Å². The highest BCUT2D eigenvalue weighted by atomic mass is 16.2. The Hall–Kier alpha value is -2.37. The summed E-state index contributed by atoms with van der Waals surface area (Å²) in [5.41, 5.74) is 2.15. The molecule has 240 valence electrons. The van der Waals surface area contributed by atoms with Crippen LogP contribution >= 0.6 is 0 Å². The van der Waals surface area contributed by atoms with Crippen LogP contribution in [-0.2, 0) is 14.4 Å². The van der Waals surface area contributed by atoms with E-state index in [1.807, 2.05) is 18.2 Å². The molecule has 1 aromatic rings. The average molecular weight is 594 g/mol. The summed E-state index contributed by atoms with van der Waals surface area (Å²) >= 11 is 0. The molecule has 0 heterocycles. The van der Waals surface area contributed by atoms with Gasteiger partial charge in [-0.2, -0.15) is 0 Å². The minimum Gasteiger partial charge on any atom is -0.326 e. The molecule has 0 spiro atoms. The Balaban J connectivity index is 1.44. The van der Waals surface area contributed by atoms with Gasteiger partial charge in [0.05, 0.1) is 0 Å². The lowest BCUT2D eigenvalue weighted by atomic mass is 9.69. The molecule has 43 heavy (non-hydrogen) atoms. The molecule has 3 saturated carbocycles. The SMILES string of the molecule is CC(C)[C@H]1CC[C@H](C(=O)Nc2cc(NC(=O)[C@H]3CC[C@H](C(C)C)CC3)cc(NC(=O)[C@H]3CC[C@@H](C(C)(C)C)CC3)c2)CC1. The number of benzene rings is 1. The topological polar surface area (TPSA) is 87.3 Å². The van der Waals surface area contributed by atoms with Crippen molar-refractivity contribution in [3.05, 3.63) is 18.2 Å². The molecule has 3 aliphatic carbocycles. The number of anilines is 3. The third kappa shape index (κ3) is 9.31. The molecule has 6 nitrogen and oxygen atoms in total. The molecule has 3 amide bonds. The highest BCUT2D eigenvalue weighted by molar-refractivity contribution is 5.99. The van der Waals surface area contributed by atoms with Crippen LogP contribution < -0.4 is 16.0 Å². The van der Waals surface area contributed by atoms with Gasteiger partial charge in [0, 0.05) is 34.8 Å². The highest BCUT2D eigenvalue weighted by Crippen LogP contribution is 2.40. The molecule has 3 aliphatic rings. The number of nitrogens with one attached hydrogen (secondary N) is 3. The lowest BCUT2D eigenvalue weighted by Gasteiger charge is -2.36. The molecule has 0 saturated heterocycles. The van der Waals surface area contributed by atoms with Gasteiger partial charge in [0.25, 0.3) is 0 Å². The fourth-order valence-corrected chi connectivity index (χ4v) is 7.89. The van der Waals surface area contributed by atoms with Gasteiger partial charge in [0.1, 0.15) is 0 Å². The molecule has 4 rings (SSSR count). The van der Waals surface area contributed by atoms with E-state index in [2.05, 4.69) is 64.4 Å². The summed E-state index contributed by atoms with van der Waals surface area (Å²) in [5, 5.41) is 9.43. The van der Waals surface area contributed by atoms with Gasteiger partial charge in [-0.25, -0.2) is 0 Å². The minimum absolute atomic E-state index is 0.000399. The van der Waals surface area contributed by atoms with Crippen LogP contribution in [0.15, 0.2) is 18.2 Å². The molecule has 0 aromatic heterocycles. The fourth-order valence-electron chi connectivity index (χ4n) is 7.89. The average Bonchev–Trinajstić information content (AvgIpc) is 2.96. The summed E-state index contributed by atoms with van der Waals surface area (Å²) in [7, 11) is 0. The summed E-state index contributed by atoms with van der Waals surface area (Å²) in [4.78, 5) is 40.0. The maximum atomic E-state index is 13.4. The van der Waals surface area contributed by atoms with E-state index >= 15 is 0 Å². The Morgan fingerprint density at radius 3 is 1.07 bits per heavy atom. The van der Waals surface area contributed by atoms with Crippen LogP contribution in [0.25, 0.3) is 0 Å². The third-order valence-electron chi connectivity index (χ3n) is 11.2. The van der Waals surface area contributed by atoms with E-state index in [1.54, 1.807) is 0 Å². The summed E-state index contributed by atoms with van der Waals surface area (Å²) < 4.78 is 0. The van der Waals surface area contributed by atoms with Crippen LogP contribution in [0, 0.1) is 52.8 Å². The Morgan fingerprint density at radius 2 is 0.814 bits per heavy atom. The third-order valence-corrected chi connectivity index (χ3v) is 11.2. The molecule has 0 atom stereocenters. The van der Waals surface area contributed by atoms with Gasteiger partial charge < -0.3 is 16.0 Å². The van der Waals surface area contributed by atoms with Crippen LogP contribution in [0.5, 0.6) is 0 Å². The number of carbonyl (C=O) groups is 3. The Labute approximate surface area is 261 Å². The van der Waals surface area contributed by atoms with Gasteiger partial charge in [-0.1, -0.05) is 48.5 Å². The van der Waals surface area contributed by atoms with Crippen molar-refractivity contribution < 1.29 is 14.4 Å². The first-order valence-electron chi connectivity index (χ1n) is 17.4. The number of carbonyl (C=O) groups excluding carboxylic acids is 3. The van der Waals surface area contributed by atoms with Crippen molar-refractivity contribution in [2.24, 2.45) is 52.8 Å². The van der Waals surface area contributed by atoms with E-state index in [-0.39, 0.29) is 40.9 Å². The Morgan fingerprint density at radius 1 is 0.535 bits per heavy atom. The van der Waals surface area contributed by atoms with Crippen LogP contribution in [0.4, 0.5) is 17.1 Å².